The highest BCUT2D eigenvalue weighted by atomic mass is 16.3. The van der Waals surface area contributed by atoms with E-state index in [9.17, 15) is 4.79 Å². The van der Waals surface area contributed by atoms with E-state index in [4.69, 9.17) is 4.42 Å². The quantitative estimate of drug-likeness (QED) is 0.318. The van der Waals surface area contributed by atoms with Crippen molar-refractivity contribution in [2.45, 2.75) is 60.8 Å². The maximum atomic E-state index is 12.3. The largest absolute Gasteiger partial charge is 0.436 e. The van der Waals surface area contributed by atoms with Crippen molar-refractivity contribution in [3.63, 3.8) is 0 Å². The number of hydrogen-bond acceptors (Lipinski definition) is 3. The van der Waals surface area contributed by atoms with E-state index >= 15 is 0 Å². The molecule has 4 rings (SSSR count). The molecule has 0 amide bonds. The van der Waals surface area contributed by atoms with E-state index in [0.29, 0.717) is 12.3 Å². The van der Waals surface area contributed by atoms with E-state index < -0.39 is 0 Å². The fourth-order valence-electron chi connectivity index (χ4n) is 3.30. The zero-order valence-electron chi connectivity index (χ0n) is 20.6. The van der Waals surface area contributed by atoms with Crippen LogP contribution in [0.4, 0.5) is 0 Å². The molecule has 0 aliphatic carbocycles. The maximum Gasteiger partial charge on any atom is 0.227 e. The molecule has 32 heavy (non-hydrogen) atoms. The molecular formula is C29H37NO2. The molecule has 1 atom stereocenters. The topological polar surface area (TPSA) is 43.1 Å². The Kier molecular flexibility index (Phi) is 12.4. The summed E-state index contributed by atoms with van der Waals surface area (Å²) in [6.07, 6.45) is 0.619. The van der Waals surface area contributed by atoms with Crippen LogP contribution in [0.2, 0.25) is 0 Å². The number of hydrogen-bond donors (Lipinski definition) is 0. The van der Waals surface area contributed by atoms with Crippen molar-refractivity contribution in [1.82, 2.24) is 4.98 Å². The third-order valence-corrected chi connectivity index (χ3v) is 4.66. The number of carbonyl (C=O) groups is 1. The van der Waals surface area contributed by atoms with Crippen LogP contribution in [0, 0.1) is 0 Å². The minimum Gasteiger partial charge on any atom is -0.436 e. The highest BCUT2D eigenvalue weighted by Gasteiger charge is 2.20. The van der Waals surface area contributed by atoms with Gasteiger partial charge in [0.05, 0.1) is 0 Å². The van der Waals surface area contributed by atoms with Crippen molar-refractivity contribution in [2.24, 2.45) is 0 Å². The first kappa shape index (κ1) is 26.8. The van der Waals surface area contributed by atoms with Crippen LogP contribution in [0.5, 0.6) is 0 Å². The molecule has 1 heterocycles. The van der Waals surface area contributed by atoms with Gasteiger partial charge < -0.3 is 4.42 Å². The van der Waals surface area contributed by atoms with Crippen LogP contribution in [-0.4, -0.2) is 10.8 Å². The molecule has 170 valence electrons. The second kappa shape index (κ2) is 14.7. The Morgan fingerprint density at radius 2 is 1.34 bits per heavy atom. The summed E-state index contributed by atoms with van der Waals surface area (Å²) >= 11 is 0. The molecular weight excluding hydrogens is 394 g/mol. The molecule has 0 N–H and O–H groups in total. The van der Waals surface area contributed by atoms with Crippen LogP contribution in [0.3, 0.4) is 0 Å². The number of benzene rings is 3. The van der Waals surface area contributed by atoms with Gasteiger partial charge in [0.15, 0.2) is 5.58 Å². The minimum atomic E-state index is -0.179. The fourth-order valence-corrected chi connectivity index (χ4v) is 3.30. The SMILES string of the molecule is CC.CC.CC.CC(=O)C(Cc1ccccc1-c1nc2ccccc2o1)c1ccccc1. The number of fused-ring (bicyclic) bond motifs is 1. The van der Waals surface area contributed by atoms with Crippen LogP contribution in [0.25, 0.3) is 22.6 Å². The molecule has 3 aromatic carbocycles. The van der Waals surface area contributed by atoms with Gasteiger partial charge in [-0.3, -0.25) is 4.79 Å². The molecule has 3 heteroatoms. The normalized spacial score (nSPS) is 10.5. The summed E-state index contributed by atoms with van der Waals surface area (Å²) in [6.45, 7) is 13.7. The number of rotatable bonds is 5. The number of Topliss-reactive ketones (excluding diaryl/α,β-unsaturated/α-hetero) is 1. The zero-order chi connectivity index (χ0) is 23.9. The van der Waals surface area contributed by atoms with Crippen molar-refractivity contribution in [3.8, 4) is 11.5 Å². The Bertz CT molecular complexity index is 1020. The summed E-state index contributed by atoms with van der Waals surface area (Å²) in [5.41, 5.74) is 4.63. The second-order valence-corrected chi connectivity index (χ2v) is 6.42. The lowest BCUT2D eigenvalue weighted by molar-refractivity contribution is -0.118. The van der Waals surface area contributed by atoms with E-state index in [1.165, 1.54) is 0 Å². The van der Waals surface area contributed by atoms with Gasteiger partial charge in [0.25, 0.3) is 0 Å². The number of nitrogens with zero attached hydrogens (tertiary/aromatic N) is 1. The number of ketones is 1. The Hall–Kier alpha value is -3.20. The molecule has 0 radical (unpaired) electrons. The first-order valence-electron chi connectivity index (χ1n) is 11.7. The second-order valence-electron chi connectivity index (χ2n) is 6.42. The van der Waals surface area contributed by atoms with Crippen LogP contribution in [0.1, 0.15) is 65.5 Å². The molecule has 0 aliphatic rings. The average Bonchev–Trinajstić information content (AvgIpc) is 3.31. The summed E-state index contributed by atoms with van der Waals surface area (Å²) < 4.78 is 5.95. The molecule has 0 bridgehead atoms. The van der Waals surface area contributed by atoms with Gasteiger partial charge in [-0.1, -0.05) is 102 Å². The zero-order valence-corrected chi connectivity index (χ0v) is 20.6. The number of carbonyl (C=O) groups excluding carboxylic acids is 1. The van der Waals surface area contributed by atoms with Crippen molar-refractivity contribution in [2.75, 3.05) is 0 Å². The highest BCUT2D eigenvalue weighted by Crippen LogP contribution is 2.31. The van der Waals surface area contributed by atoms with E-state index in [0.717, 1.165) is 27.8 Å². The Morgan fingerprint density at radius 1 is 0.781 bits per heavy atom. The van der Waals surface area contributed by atoms with Gasteiger partial charge >= 0.3 is 0 Å². The lowest BCUT2D eigenvalue weighted by Crippen LogP contribution is -2.12. The first-order chi connectivity index (χ1) is 15.7. The maximum absolute atomic E-state index is 12.3. The summed E-state index contributed by atoms with van der Waals surface area (Å²) in [5.74, 6) is 0.572. The predicted octanol–water partition coefficient (Wildman–Crippen LogP) is 8.49. The number of aromatic nitrogens is 1. The van der Waals surface area contributed by atoms with Crippen molar-refractivity contribution in [1.29, 1.82) is 0 Å². The summed E-state index contributed by atoms with van der Waals surface area (Å²) in [4.78, 5) is 16.9. The van der Waals surface area contributed by atoms with Gasteiger partial charge in [0.1, 0.15) is 11.3 Å². The average molecular weight is 432 g/mol. The van der Waals surface area contributed by atoms with E-state index in [1.54, 1.807) is 6.92 Å². The molecule has 1 aromatic heterocycles. The number of para-hydroxylation sites is 2. The van der Waals surface area contributed by atoms with Crippen molar-refractivity contribution >= 4 is 16.9 Å². The summed E-state index contributed by atoms with van der Waals surface area (Å²) in [6, 6.07) is 25.7. The Labute approximate surface area is 193 Å². The smallest absolute Gasteiger partial charge is 0.227 e. The van der Waals surface area contributed by atoms with E-state index in [-0.39, 0.29) is 11.7 Å². The van der Waals surface area contributed by atoms with Gasteiger partial charge in [-0.05, 0) is 42.7 Å². The van der Waals surface area contributed by atoms with E-state index in [2.05, 4.69) is 4.98 Å². The monoisotopic (exact) mass is 431 g/mol. The summed E-state index contributed by atoms with van der Waals surface area (Å²) in [5, 5.41) is 0. The molecule has 1 unspecified atom stereocenters. The van der Waals surface area contributed by atoms with Crippen LogP contribution in [-0.2, 0) is 11.2 Å². The standard InChI is InChI=1S/C23H19NO2.3C2H6/c1-16(25)20(17-9-3-2-4-10-17)15-18-11-5-6-12-19(18)23-24-21-13-7-8-14-22(21)26-23;3*1-2/h2-14,20H,15H2,1H3;3*1-2H3. The molecule has 3 nitrogen and oxygen atoms in total. The van der Waals surface area contributed by atoms with Gasteiger partial charge in [0.2, 0.25) is 5.89 Å². The predicted molar refractivity (Wildman–Crippen MR) is 137 cm³/mol. The van der Waals surface area contributed by atoms with Crippen LogP contribution >= 0.6 is 0 Å². The van der Waals surface area contributed by atoms with Crippen molar-refractivity contribution in [3.05, 3.63) is 90.0 Å². The Balaban J connectivity index is 0.000000789. The minimum absolute atomic E-state index is 0.156. The summed E-state index contributed by atoms with van der Waals surface area (Å²) in [7, 11) is 0. The van der Waals surface area contributed by atoms with Gasteiger partial charge in [-0.15, -0.1) is 0 Å². The van der Waals surface area contributed by atoms with Crippen molar-refractivity contribution < 1.29 is 9.21 Å². The Morgan fingerprint density at radius 3 is 1.97 bits per heavy atom. The third-order valence-electron chi connectivity index (χ3n) is 4.66. The van der Waals surface area contributed by atoms with Gasteiger partial charge in [-0.2, -0.15) is 0 Å². The highest BCUT2D eigenvalue weighted by molar-refractivity contribution is 5.84. The molecule has 0 saturated carbocycles. The molecule has 0 spiro atoms. The lowest BCUT2D eigenvalue weighted by atomic mass is 9.87. The number of oxazole rings is 1. The van der Waals surface area contributed by atoms with Gasteiger partial charge in [-0.25, -0.2) is 4.98 Å². The van der Waals surface area contributed by atoms with Crippen LogP contribution in [0.15, 0.2) is 83.3 Å². The third kappa shape index (κ3) is 6.91. The lowest BCUT2D eigenvalue weighted by Gasteiger charge is -2.16. The molecule has 0 aliphatic heterocycles. The molecule has 0 fully saturated rings. The first-order valence-corrected chi connectivity index (χ1v) is 11.7. The van der Waals surface area contributed by atoms with Gasteiger partial charge in [0, 0.05) is 11.5 Å². The molecule has 0 saturated heterocycles. The van der Waals surface area contributed by atoms with E-state index in [1.807, 2.05) is 120 Å². The fraction of sp³-hybridized carbons (Fsp3) is 0.310. The van der Waals surface area contributed by atoms with Crippen LogP contribution < -0.4 is 0 Å². The molecule has 4 aromatic rings.